The van der Waals surface area contributed by atoms with Crippen LogP contribution < -0.4 is 4.74 Å². The third-order valence-corrected chi connectivity index (χ3v) is 3.73. The van der Waals surface area contributed by atoms with Crippen molar-refractivity contribution in [3.05, 3.63) is 23.8 Å². The van der Waals surface area contributed by atoms with Crippen molar-refractivity contribution in [2.45, 2.75) is 26.8 Å². The summed E-state index contributed by atoms with van der Waals surface area (Å²) in [7, 11) is 0. The fraction of sp³-hybridized carbons (Fsp3) is 0.625. The molecule has 0 bridgehead atoms. The van der Waals surface area contributed by atoms with Gasteiger partial charge in [-0.05, 0) is 37.6 Å². The van der Waals surface area contributed by atoms with Crippen LogP contribution in [0.3, 0.4) is 0 Å². The largest absolute Gasteiger partial charge is 0.504 e. The van der Waals surface area contributed by atoms with Crippen molar-refractivity contribution < 1.29 is 9.84 Å². The number of phenols is 1. The molecule has 1 aromatic carbocycles. The van der Waals surface area contributed by atoms with Gasteiger partial charge in [0.05, 0.1) is 6.61 Å². The van der Waals surface area contributed by atoms with Crippen LogP contribution in [0.2, 0.25) is 0 Å². The topological polar surface area (TPSA) is 35.9 Å². The van der Waals surface area contributed by atoms with Crippen molar-refractivity contribution in [1.29, 1.82) is 0 Å². The maximum atomic E-state index is 9.72. The molecule has 1 N–H and O–H groups in total. The SMILES string of the molecule is CCCN1CCN(Cc2ccc(O)c(OCC)c2)CC1. The molecule has 1 aliphatic heterocycles. The molecule has 1 heterocycles. The van der Waals surface area contributed by atoms with Crippen LogP contribution in [0, 0.1) is 0 Å². The third-order valence-electron chi connectivity index (χ3n) is 3.73. The average molecular weight is 278 g/mol. The van der Waals surface area contributed by atoms with Crippen LogP contribution in [0.1, 0.15) is 25.8 Å². The monoisotopic (exact) mass is 278 g/mol. The summed E-state index contributed by atoms with van der Waals surface area (Å²) < 4.78 is 5.44. The normalized spacial score (nSPS) is 17.3. The summed E-state index contributed by atoms with van der Waals surface area (Å²) in [5.74, 6) is 0.818. The second kappa shape index (κ2) is 7.50. The fourth-order valence-corrected chi connectivity index (χ4v) is 2.67. The number of aromatic hydroxyl groups is 1. The Hall–Kier alpha value is -1.26. The van der Waals surface area contributed by atoms with Gasteiger partial charge < -0.3 is 14.7 Å². The zero-order chi connectivity index (χ0) is 14.4. The Morgan fingerprint density at radius 2 is 1.80 bits per heavy atom. The number of hydrogen-bond donors (Lipinski definition) is 1. The van der Waals surface area contributed by atoms with Crippen molar-refractivity contribution in [1.82, 2.24) is 9.80 Å². The van der Waals surface area contributed by atoms with Gasteiger partial charge in [-0.1, -0.05) is 13.0 Å². The van der Waals surface area contributed by atoms with E-state index in [1.807, 2.05) is 19.1 Å². The summed E-state index contributed by atoms with van der Waals surface area (Å²) in [4.78, 5) is 4.99. The molecule has 1 fully saturated rings. The molecule has 1 aromatic rings. The van der Waals surface area contributed by atoms with Gasteiger partial charge in [0.15, 0.2) is 11.5 Å². The quantitative estimate of drug-likeness (QED) is 0.866. The van der Waals surface area contributed by atoms with E-state index in [2.05, 4.69) is 16.7 Å². The smallest absolute Gasteiger partial charge is 0.161 e. The van der Waals surface area contributed by atoms with Crippen LogP contribution >= 0.6 is 0 Å². The van der Waals surface area contributed by atoms with Gasteiger partial charge >= 0.3 is 0 Å². The molecule has 20 heavy (non-hydrogen) atoms. The van der Waals surface area contributed by atoms with Gasteiger partial charge in [-0.3, -0.25) is 4.90 Å². The first-order valence-electron chi connectivity index (χ1n) is 7.62. The number of rotatable bonds is 6. The number of nitrogens with zero attached hydrogens (tertiary/aromatic N) is 2. The zero-order valence-electron chi connectivity index (χ0n) is 12.6. The van der Waals surface area contributed by atoms with E-state index in [4.69, 9.17) is 4.74 Å². The van der Waals surface area contributed by atoms with Crippen molar-refractivity contribution in [3.63, 3.8) is 0 Å². The molecule has 2 rings (SSSR count). The van der Waals surface area contributed by atoms with Gasteiger partial charge in [-0.25, -0.2) is 0 Å². The van der Waals surface area contributed by atoms with Crippen molar-refractivity contribution in [3.8, 4) is 11.5 Å². The molecule has 0 saturated carbocycles. The van der Waals surface area contributed by atoms with Gasteiger partial charge in [-0.15, -0.1) is 0 Å². The van der Waals surface area contributed by atoms with Gasteiger partial charge in [0.25, 0.3) is 0 Å². The van der Waals surface area contributed by atoms with Crippen LogP contribution in [-0.4, -0.2) is 54.2 Å². The van der Waals surface area contributed by atoms with Crippen LogP contribution in [0.15, 0.2) is 18.2 Å². The van der Waals surface area contributed by atoms with E-state index < -0.39 is 0 Å². The summed E-state index contributed by atoms with van der Waals surface area (Å²) in [6.07, 6.45) is 1.23. The Kier molecular flexibility index (Phi) is 5.68. The maximum Gasteiger partial charge on any atom is 0.161 e. The van der Waals surface area contributed by atoms with E-state index in [0.717, 1.165) is 32.7 Å². The number of hydrogen-bond acceptors (Lipinski definition) is 4. The molecule has 0 spiro atoms. The van der Waals surface area contributed by atoms with E-state index in [1.165, 1.54) is 18.5 Å². The summed E-state index contributed by atoms with van der Waals surface area (Å²) in [6, 6.07) is 5.67. The first-order chi connectivity index (χ1) is 9.72. The number of piperazine rings is 1. The lowest BCUT2D eigenvalue weighted by atomic mass is 10.1. The summed E-state index contributed by atoms with van der Waals surface area (Å²) >= 11 is 0. The molecule has 4 heteroatoms. The van der Waals surface area contributed by atoms with Crippen molar-refractivity contribution in [2.75, 3.05) is 39.3 Å². The maximum absolute atomic E-state index is 9.72. The Morgan fingerprint density at radius 3 is 2.45 bits per heavy atom. The first kappa shape index (κ1) is 15.1. The second-order valence-corrected chi connectivity index (χ2v) is 5.35. The Morgan fingerprint density at radius 1 is 1.10 bits per heavy atom. The predicted octanol–water partition coefficient (Wildman–Crippen LogP) is 2.32. The first-order valence-corrected chi connectivity index (χ1v) is 7.62. The van der Waals surface area contributed by atoms with Gasteiger partial charge in [0, 0.05) is 32.7 Å². The summed E-state index contributed by atoms with van der Waals surface area (Å²) in [5, 5.41) is 9.72. The number of benzene rings is 1. The third kappa shape index (κ3) is 4.12. The molecule has 112 valence electrons. The van der Waals surface area contributed by atoms with E-state index in [0.29, 0.717) is 12.4 Å². The van der Waals surface area contributed by atoms with Crippen LogP contribution in [0.5, 0.6) is 11.5 Å². The van der Waals surface area contributed by atoms with Crippen LogP contribution in [-0.2, 0) is 6.54 Å². The van der Waals surface area contributed by atoms with E-state index in [9.17, 15) is 5.11 Å². The van der Waals surface area contributed by atoms with E-state index in [-0.39, 0.29) is 5.75 Å². The molecule has 0 aromatic heterocycles. The molecule has 1 aliphatic rings. The molecular formula is C16H26N2O2. The highest BCUT2D eigenvalue weighted by Gasteiger charge is 2.16. The highest BCUT2D eigenvalue weighted by atomic mass is 16.5. The van der Waals surface area contributed by atoms with Crippen molar-refractivity contribution >= 4 is 0 Å². The molecule has 0 amide bonds. The van der Waals surface area contributed by atoms with Crippen LogP contribution in [0.4, 0.5) is 0 Å². The standard InChI is InChI=1S/C16H26N2O2/c1-3-7-17-8-10-18(11-9-17)13-14-5-6-15(19)16(12-14)20-4-2/h5-6,12,19H,3-4,7-11,13H2,1-2H3. The molecule has 0 unspecified atom stereocenters. The predicted molar refractivity (Wildman–Crippen MR) is 81.3 cm³/mol. The van der Waals surface area contributed by atoms with Gasteiger partial charge in [0.2, 0.25) is 0 Å². The molecule has 4 nitrogen and oxygen atoms in total. The lowest BCUT2D eigenvalue weighted by Crippen LogP contribution is -2.45. The molecular weight excluding hydrogens is 252 g/mol. The van der Waals surface area contributed by atoms with Crippen molar-refractivity contribution in [2.24, 2.45) is 0 Å². The lowest BCUT2D eigenvalue weighted by Gasteiger charge is -2.34. The second-order valence-electron chi connectivity index (χ2n) is 5.35. The minimum Gasteiger partial charge on any atom is -0.504 e. The molecule has 0 aliphatic carbocycles. The number of ether oxygens (including phenoxy) is 1. The van der Waals surface area contributed by atoms with Gasteiger partial charge in [0.1, 0.15) is 0 Å². The van der Waals surface area contributed by atoms with E-state index in [1.54, 1.807) is 6.07 Å². The number of phenolic OH excluding ortho intramolecular Hbond substituents is 1. The average Bonchev–Trinajstić information content (AvgIpc) is 2.45. The highest BCUT2D eigenvalue weighted by molar-refractivity contribution is 5.41. The molecule has 1 saturated heterocycles. The fourth-order valence-electron chi connectivity index (χ4n) is 2.67. The zero-order valence-corrected chi connectivity index (χ0v) is 12.6. The minimum absolute atomic E-state index is 0.225. The molecule has 0 radical (unpaired) electrons. The van der Waals surface area contributed by atoms with Gasteiger partial charge in [-0.2, -0.15) is 0 Å². The Labute approximate surface area is 122 Å². The lowest BCUT2D eigenvalue weighted by molar-refractivity contribution is 0.127. The Balaban J connectivity index is 1.89. The highest BCUT2D eigenvalue weighted by Crippen LogP contribution is 2.27. The summed E-state index contributed by atoms with van der Waals surface area (Å²) in [6.45, 7) is 11.4. The Bertz CT molecular complexity index is 415. The van der Waals surface area contributed by atoms with E-state index >= 15 is 0 Å². The minimum atomic E-state index is 0.225. The van der Waals surface area contributed by atoms with Crippen LogP contribution in [0.25, 0.3) is 0 Å². The molecule has 0 atom stereocenters. The summed E-state index contributed by atoms with van der Waals surface area (Å²) in [5.41, 5.74) is 1.20.